The minimum Gasteiger partial charge on any atom is -0.309 e. The SMILES string of the molecule is O=S(=O)(c1ccc(-n2c3ccccc3c3ccccc32)cc1)c1ccc(S(=O)(=O)c2ccc(-n3c4ccccc4c4ccccc43)cc2)cc1. The van der Waals surface area contributed by atoms with E-state index in [-0.39, 0.29) is 19.6 Å². The van der Waals surface area contributed by atoms with E-state index in [2.05, 4.69) is 57.7 Å². The Bertz CT molecular complexity index is 2670. The van der Waals surface area contributed by atoms with Gasteiger partial charge in [-0.1, -0.05) is 72.8 Å². The minimum atomic E-state index is -3.91. The summed E-state index contributed by atoms with van der Waals surface area (Å²) in [5.41, 5.74) is 5.80. The van der Waals surface area contributed by atoms with Crippen molar-refractivity contribution in [3.05, 3.63) is 170 Å². The summed E-state index contributed by atoms with van der Waals surface area (Å²) >= 11 is 0. The van der Waals surface area contributed by atoms with Crippen LogP contribution in [0.1, 0.15) is 0 Å². The van der Waals surface area contributed by atoms with Gasteiger partial charge in [-0.05, 0) is 97.1 Å². The van der Waals surface area contributed by atoms with Crippen LogP contribution >= 0.6 is 0 Å². The van der Waals surface area contributed by atoms with Gasteiger partial charge in [0.25, 0.3) is 0 Å². The van der Waals surface area contributed by atoms with E-state index in [0.717, 1.165) is 55.0 Å². The molecule has 9 rings (SSSR count). The maximum atomic E-state index is 13.7. The topological polar surface area (TPSA) is 78.1 Å². The molecule has 0 radical (unpaired) electrons. The molecule has 0 aliphatic heterocycles. The van der Waals surface area contributed by atoms with Crippen molar-refractivity contribution in [3.63, 3.8) is 0 Å². The summed E-state index contributed by atoms with van der Waals surface area (Å²) in [4.78, 5) is 0.280. The van der Waals surface area contributed by atoms with Gasteiger partial charge in [0.2, 0.25) is 19.7 Å². The van der Waals surface area contributed by atoms with Crippen LogP contribution in [-0.4, -0.2) is 26.0 Å². The van der Waals surface area contributed by atoms with E-state index in [9.17, 15) is 16.8 Å². The number of para-hydroxylation sites is 4. The second kappa shape index (κ2) is 11.3. The number of hydrogen-bond acceptors (Lipinski definition) is 4. The molecule has 2 heterocycles. The Morgan fingerprint density at radius 3 is 0.760 bits per heavy atom. The van der Waals surface area contributed by atoms with E-state index in [1.165, 1.54) is 24.3 Å². The van der Waals surface area contributed by atoms with Crippen LogP contribution in [0, 0.1) is 0 Å². The van der Waals surface area contributed by atoms with Crippen molar-refractivity contribution in [3.8, 4) is 11.4 Å². The average Bonchev–Trinajstić information content (AvgIpc) is 3.68. The zero-order valence-corrected chi connectivity index (χ0v) is 28.1. The zero-order chi connectivity index (χ0) is 34.0. The summed E-state index contributed by atoms with van der Waals surface area (Å²) in [5.74, 6) is 0. The molecule has 0 saturated carbocycles. The highest BCUT2D eigenvalue weighted by Crippen LogP contribution is 2.34. The van der Waals surface area contributed by atoms with E-state index < -0.39 is 19.7 Å². The second-order valence-corrected chi connectivity index (χ2v) is 16.1. The van der Waals surface area contributed by atoms with Crippen molar-refractivity contribution in [2.45, 2.75) is 19.6 Å². The highest BCUT2D eigenvalue weighted by molar-refractivity contribution is 7.92. The molecule has 8 heteroatoms. The fourth-order valence-corrected chi connectivity index (χ4v) is 9.54. The fourth-order valence-electron chi connectivity index (χ4n) is 7.02. The number of aromatic nitrogens is 2. The molecule has 0 amide bonds. The molecular formula is C42H28N2O4S2. The second-order valence-electron chi connectivity index (χ2n) is 12.2. The van der Waals surface area contributed by atoms with Crippen molar-refractivity contribution in [1.29, 1.82) is 0 Å². The third-order valence-corrected chi connectivity index (χ3v) is 13.0. The summed E-state index contributed by atoms with van der Waals surface area (Å²) in [7, 11) is -7.82. The van der Waals surface area contributed by atoms with Gasteiger partial charge in [-0.2, -0.15) is 0 Å². The van der Waals surface area contributed by atoms with E-state index in [1.807, 2.05) is 48.5 Å². The monoisotopic (exact) mass is 688 g/mol. The van der Waals surface area contributed by atoms with Crippen LogP contribution < -0.4 is 0 Å². The number of hydrogen-bond donors (Lipinski definition) is 0. The molecule has 242 valence electrons. The zero-order valence-electron chi connectivity index (χ0n) is 26.5. The molecular weight excluding hydrogens is 661 g/mol. The van der Waals surface area contributed by atoms with Gasteiger partial charge < -0.3 is 9.13 Å². The lowest BCUT2D eigenvalue weighted by Crippen LogP contribution is -2.05. The molecule has 2 aromatic heterocycles. The lowest BCUT2D eigenvalue weighted by Gasteiger charge is -2.11. The molecule has 9 aromatic rings. The Hall–Kier alpha value is -5.96. The smallest absolute Gasteiger partial charge is 0.206 e. The van der Waals surface area contributed by atoms with Crippen LogP contribution in [0.3, 0.4) is 0 Å². The first-order valence-corrected chi connectivity index (χ1v) is 19.1. The van der Waals surface area contributed by atoms with E-state index in [4.69, 9.17) is 0 Å². The number of fused-ring (bicyclic) bond motifs is 6. The van der Waals surface area contributed by atoms with Gasteiger partial charge in [0.1, 0.15) is 0 Å². The standard InChI is InChI=1S/C42H28N2O4S2/c45-49(46,31-21-17-29(18-22-31)43-39-13-5-1-9-35(39)36-10-2-6-14-40(36)43)33-25-27-34(28-26-33)50(47,48)32-23-19-30(20-24-32)44-41-15-7-3-11-37(41)38-12-4-8-16-42(38)44/h1-28H. The van der Waals surface area contributed by atoms with Crippen molar-refractivity contribution in [1.82, 2.24) is 9.13 Å². The highest BCUT2D eigenvalue weighted by atomic mass is 32.2. The molecule has 0 aliphatic carbocycles. The first kappa shape index (κ1) is 30.1. The summed E-state index contributed by atoms with van der Waals surface area (Å²) in [6.45, 7) is 0. The Kier molecular flexibility index (Phi) is 6.81. The molecule has 0 unspecified atom stereocenters. The molecule has 7 aromatic carbocycles. The third kappa shape index (κ3) is 4.60. The molecule has 0 fully saturated rings. The summed E-state index contributed by atoms with van der Waals surface area (Å²) in [6, 6.07) is 51.5. The third-order valence-electron chi connectivity index (χ3n) is 9.41. The van der Waals surface area contributed by atoms with Crippen LogP contribution in [-0.2, 0) is 19.7 Å². The molecule has 0 spiro atoms. The first-order chi connectivity index (χ1) is 24.3. The van der Waals surface area contributed by atoms with Crippen LogP contribution in [0.2, 0.25) is 0 Å². The van der Waals surface area contributed by atoms with Crippen molar-refractivity contribution in [2.24, 2.45) is 0 Å². The Morgan fingerprint density at radius 2 is 0.500 bits per heavy atom. The van der Waals surface area contributed by atoms with Crippen LogP contribution in [0.15, 0.2) is 189 Å². The van der Waals surface area contributed by atoms with Gasteiger partial charge in [0.05, 0.1) is 41.6 Å². The number of benzene rings is 7. The van der Waals surface area contributed by atoms with Gasteiger partial charge in [-0.25, -0.2) is 16.8 Å². The lowest BCUT2D eigenvalue weighted by molar-refractivity contribution is 0.592. The largest absolute Gasteiger partial charge is 0.309 e. The van der Waals surface area contributed by atoms with Crippen LogP contribution in [0.25, 0.3) is 55.0 Å². The molecule has 0 saturated heterocycles. The van der Waals surface area contributed by atoms with Crippen LogP contribution in [0.4, 0.5) is 0 Å². The van der Waals surface area contributed by atoms with Gasteiger partial charge in [-0.15, -0.1) is 0 Å². The van der Waals surface area contributed by atoms with Crippen molar-refractivity contribution < 1.29 is 16.8 Å². The summed E-state index contributed by atoms with van der Waals surface area (Å²) in [6.07, 6.45) is 0. The number of nitrogens with zero attached hydrogens (tertiary/aromatic N) is 2. The number of rotatable bonds is 6. The van der Waals surface area contributed by atoms with Crippen molar-refractivity contribution >= 4 is 63.3 Å². The van der Waals surface area contributed by atoms with E-state index in [1.54, 1.807) is 48.5 Å². The van der Waals surface area contributed by atoms with Gasteiger partial charge in [0, 0.05) is 32.9 Å². The predicted octanol–water partition coefficient (Wildman–Crippen LogP) is 9.55. The Labute approximate surface area is 288 Å². The van der Waals surface area contributed by atoms with Gasteiger partial charge in [0.15, 0.2) is 0 Å². The molecule has 0 atom stereocenters. The normalized spacial score (nSPS) is 12.3. The fraction of sp³-hybridized carbons (Fsp3) is 0. The predicted molar refractivity (Wildman–Crippen MR) is 199 cm³/mol. The molecule has 6 nitrogen and oxygen atoms in total. The maximum absolute atomic E-state index is 13.7. The molecule has 0 aliphatic rings. The molecule has 50 heavy (non-hydrogen) atoms. The maximum Gasteiger partial charge on any atom is 0.206 e. The average molecular weight is 689 g/mol. The van der Waals surface area contributed by atoms with Gasteiger partial charge in [-0.3, -0.25) is 0 Å². The highest BCUT2D eigenvalue weighted by Gasteiger charge is 2.22. The number of sulfone groups is 2. The van der Waals surface area contributed by atoms with E-state index >= 15 is 0 Å². The molecule has 0 bridgehead atoms. The minimum absolute atomic E-state index is 0.0165. The Morgan fingerprint density at radius 1 is 0.280 bits per heavy atom. The summed E-state index contributed by atoms with van der Waals surface area (Å²) < 4.78 is 58.9. The molecule has 0 N–H and O–H groups in total. The summed E-state index contributed by atoms with van der Waals surface area (Å²) in [5, 5.41) is 4.48. The van der Waals surface area contributed by atoms with Crippen molar-refractivity contribution in [2.75, 3.05) is 0 Å². The quantitative estimate of drug-likeness (QED) is 0.174. The lowest BCUT2D eigenvalue weighted by atomic mass is 10.2. The Balaban J connectivity index is 1.01. The van der Waals surface area contributed by atoms with Crippen LogP contribution in [0.5, 0.6) is 0 Å². The van der Waals surface area contributed by atoms with E-state index in [0.29, 0.717) is 0 Å². The van der Waals surface area contributed by atoms with Gasteiger partial charge >= 0.3 is 0 Å². The first-order valence-electron chi connectivity index (χ1n) is 16.1.